The van der Waals surface area contributed by atoms with Crippen molar-refractivity contribution in [2.24, 2.45) is 0 Å². The summed E-state index contributed by atoms with van der Waals surface area (Å²) in [4.78, 5) is 0. The van der Waals surface area contributed by atoms with Crippen LogP contribution in [0.25, 0.3) is 0 Å². The van der Waals surface area contributed by atoms with Gasteiger partial charge in [-0.3, -0.25) is 4.52 Å². The van der Waals surface area contributed by atoms with Crippen LogP contribution in [0.5, 0.6) is 28.7 Å². The van der Waals surface area contributed by atoms with Gasteiger partial charge in [0, 0.05) is 22.3 Å². The zero-order chi connectivity index (χ0) is 69.7. The maximum absolute atomic E-state index is 10.1. The van der Waals surface area contributed by atoms with Crippen LogP contribution in [-0.4, -0.2) is 23.4 Å². The third-order valence-corrected chi connectivity index (χ3v) is 17.9. The van der Waals surface area contributed by atoms with Crippen molar-refractivity contribution in [2.45, 2.75) is 303 Å². The van der Waals surface area contributed by atoms with Gasteiger partial charge >= 0.3 is 16.3 Å². The quantitative estimate of drug-likeness (QED) is 0.106. The molecule has 0 amide bonds. The van der Waals surface area contributed by atoms with Gasteiger partial charge in [-0.25, -0.2) is 0 Å². The van der Waals surface area contributed by atoms with Crippen LogP contribution < -0.4 is 18.1 Å². The Kier molecular flexibility index (Phi) is 27.3. The molecule has 0 aliphatic rings. The molecular weight excluding hydrogens is 1160 g/mol. The predicted molar refractivity (Wildman–Crippen MR) is 391 cm³/mol. The Morgan fingerprint density at radius 3 is 0.719 bits per heavy atom. The second-order valence-electron chi connectivity index (χ2n) is 34.8. The van der Waals surface area contributed by atoms with E-state index in [-0.39, 0.29) is 60.8 Å². The summed E-state index contributed by atoms with van der Waals surface area (Å²) in [6, 6.07) is 22.3. The minimum Gasteiger partial charge on any atom is -0.507 e. The fourth-order valence-electron chi connectivity index (χ4n) is 9.81. The van der Waals surface area contributed by atoms with Crippen molar-refractivity contribution < 1.29 is 32.8 Å². The highest BCUT2D eigenvalue weighted by Gasteiger charge is 2.34. The van der Waals surface area contributed by atoms with Gasteiger partial charge in [0.15, 0.2) is 6.61 Å². The monoisotopic (exact) mass is 1280 g/mol. The van der Waals surface area contributed by atoms with E-state index in [1.165, 1.54) is 38.9 Å². The molecule has 5 rings (SSSR count). The molecule has 0 aromatic heterocycles. The molecule has 0 saturated heterocycles. The zero-order valence-electron chi connectivity index (χ0n) is 63.1. The van der Waals surface area contributed by atoms with Crippen molar-refractivity contribution in [1.29, 1.82) is 0 Å². The van der Waals surface area contributed by atoms with Crippen molar-refractivity contribution in [3.8, 4) is 28.7 Å². The lowest BCUT2D eigenvalue weighted by Gasteiger charge is -2.31. The number of benzene rings is 5. The van der Waals surface area contributed by atoms with Crippen LogP contribution in [0.1, 0.15) is 298 Å². The van der Waals surface area contributed by atoms with Crippen molar-refractivity contribution in [3.63, 3.8) is 0 Å². The summed E-state index contributed by atoms with van der Waals surface area (Å²) in [5.41, 5.74) is 17.5. The Morgan fingerprint density at radius 2 is 0.528 bits per heavy atom. The van der Waals surface area contributed by atoms with E-state index in [0.717, 1.165) is 67.5 Å². The first kappa shape index (κ1) is 81.1. The molecule has 5 aromatic rings. The summed E-state index contributed by atoms with van der Waals surface area (Å²) in [5, 5.41) is 17.6. The highest BCUT2D eigenvalue weighted by molar-refractivity contribution is 7.76. The first-order valence-corrected chi connectivity index (χ1v) is 35.4. The van der Waals surface area contributed by atoms with E-state index in [1.54, 1.807) is 0 Å². The molecule has 2 N–H and O–H groups in total. The van der Waals surface area contributed by atoms with Gasteiger partial charge in [-0.15, -0.1) is 0 Å². The Labute approximate surface area is 553 Å². The maximum atomic E-state index is 10.1. The molecule has 0 radical (unpaired) electrons. The van der Waals surface area contributed by atoms with E-state index in [9.17, 15) is 5.11 Å². The molecule has 0 saturated carbocycles. The summed E-state index contributed by atoms with van der Waals surface area (Å²) in [6.07, 6.45) is 0. The van der Waals surface area contributed by atoms with Gasteiger partial charge in [-0.1, -0.05) is 268 Å². The second kappa shape index (κ2) is 30.0. The van der Waals surface area contributed by atoms with Gasteiger partial charge in [0.1, 0.15) is 28.7 Å². The molecule has 0 atom stereocenters. The summed E-state index contributed by atoms with van der Waals surface area (Å²) in [5.74, 6) is 3.86. The van der Waals surface area contributed by atoms with Crippen molar-refractivity contribution in [2.75, 3.05) is 13.2 Å². The van der Waals surface area contributed by atoms with E-state index in [4.69, 9.17) is 39.0 Å². The van der Waals surface area contributed by atoms with Gasteiger partial charge in [0.05, 0.1) is 13.5 Å². The summed E-state index contributed by atoms with van der Waals surface area (Å²) in [7, 11) is -3.34. The number of hydrogen-bond acceptors (Lipinski definition) is 7. The third-order valence-electron chi connectivity index (χ3n) is 15.7. The number of phenolic OH excluding ortho intramolecular Hbond substituents is 1. The van der Waals surface area contributed by atoms with Gasteiger partial charge in [0.25, 0.3) is 0 Å². The van der Waals surface area contributed by atoms with Crippen LogP contribution >= 0.6 is 27.6 Å². The lowest BCUT2D eigenvalue weighted by Crippen LogP contribution is -2.19. The van der Waals surface area contributed by atoms with Crippen molar-refractivity contribution in [3.05, 3.63) is 151 Å². The molecule has 0 aliphatic carbocycles. The Morgan fingerprint density at radius 1 is 0.337 bits per heavy atom. The normalized spacial score (nSPS) is 13.0. The number of aromatic hydroxyl groups is 1. The molecular formula is C79H126ClO7P2+. The van der Waals surface area contributed by atoms with Crippen LogP contribution in [0, 0.1) is 41.5 Å². The van der Waals surface area contributed by atoms with Crippen molar-refractivity contribution >= 4 is 27.6 Å². The third kappa shape index (κ3) is 23.5. The number of phenols is 1. The average Bonchev–Trinajstić information content (AvgIpc) is 1.94. The largest absolute Gasteiger partial charge is 0.507 e. The maximum Gasteiger partial charge on any atom is 0.463 e. The number of aliphatic hydroxyl groups excluding tert-OH is 1. The van der Waals surface area contributed by atoms with E-state index < -0.39 is 16.3 Å². The predicted octanol–water partition coefficient (Wildman–Crippen LogP) is 24.7. The molecule has 5 aromatic carbocycles. The number of aliphatic hydroxyl groups is 1. The van der Waals surface area contributed by atoms with Gasteiger partial charge < -0.3 is 28.3 Å². The van der Waals surface area contributed by atoms with Gasteiger partial charge in [-0.05, 0) is 168 Å². The molecule has 10 heteroatoms. The zero-order valence-corrected chi connectivity index (χ0v) is 65.6. The fourth-order valence-corrected chi connectivity index (χ4v) is 12.2. The molecule has 0 spiro atoms. The first-order chi connectivity index (χ1) is 39.7. The van der Waals surface area contributed by atoms with Crippen LogP contribution in [0.15, 0.2) is 60.7 Å². The summed E-state index contributed by atoms with van der Waals surface area (Å²) >= 11 is 6.82. The number of rotatable bonds is 10. The SMILES string of the molecule is CCOP(Oc1c(C)cc(C(C)(C)C)cc1C(C)(C)C)Oc1c(C)cc(C(C)(C)C)cc1C(C)(C)C.Cc1cc(C(C)(C)C)cc(C(C)(C)C)c1O.Cc1cc(C(C)(C)C)cc(C(C)(C)C)c1OP(Cl)Oc1c(C)cc(C(C)(C)C)cc1C(C)(C)C.[CH2+]CO. The lowest BCUT2D eigenvalue weighted by atomic mass is 9.79. The molecule has 0 aliphatic heterocycles. The van der Waals surface area contributed by atoms with E-state index in [1.807, 2.05) is 13.8 Å². The topological polar surface area (TPSA) is 86.6 Å². The Hall–Kier alpha value is -3.96. The van der Waals surface area contributed by atoms with Gasteiger partial charge in [-0.2, -0.15) is 0 Å². The number of hydrogen-bond donors (Lipinski definition) is 2. The van der Waals surface area contributed by atoms with Crippen LogP contribution in [-0.2, 0) is 58.7 Å². The number of aryl methyl sites for hydroxylation is 5. The van der Waals surface area contributed by atoms with Gasteiger partial charge in [0.2, 0.25) is 0 Å². The fraction of sp³-hybridized carbons (Fsp3) is 0.608. The minimum atomic E-state index is -1.70. The summed E-state index contributed by atoms with van der Waals surface area (Å²) in [6.45, 7) is 82.6. The molecule has 0 bridgehead atoms. The summed E-state index contributed by atoms with van der Waals surface area (Å²) < 4.78 is 32.2. The van der Waals surface area contributed by atoms with E-state index in [2.05, 4.69) is 303 Å². The smallest absolute Gasteiger partial charge is 0.463 e. The average molecular weight is 1290 g/mol. The second-order valence-corrected chi connectivity index (χ2v) is 37.5. The molecule has 0 fully saturated rings. The number of halogens is 1. The lowest BCUT2D eigenvalue weighted by molar-refractivity contribution is 0.275. The highest BCUT2D eigenvalue weighted by Crippen LogP contribution is 2.54. The first-order valence-electron chi connectivity index (χ1n) is 32.2. The molecule has 0 unspecified atom stereocenters. The van der Waals surface area contributed by atoms with E-state index in [0.29, 0.717) is 12.4 Å². The Balaban J connectivity index is 0.000000473. The Bertz CT molecular complexity index is 2970. The standard InChI is InChI=1S/C32H51O3P.C30H46ClO2P.C15H24O.C2H5O/c1-16-33-36(34-27-21(2)17-23(29(4,5)6)19-25(27)31(10,11)12)35-28-22(3)18-24(30(7,8)9)20-26(28)32(13,14)15;1-19-15-21(27(3,4)5)17-23(29(9,10)11)25(19)32-34(31)33-26-20(2)16-22(28(6,7)8)18-24(26)30(12,13)14;1-10-8-11(14(2,3)4)9-12(13(10)16)15(5,6)7;1-2-3/h17-20H,16H2,1-15H3;15-18H,1-14H3;8-9,16H,1-7H3;3H,1-2H2/q;;;+1. The van der Waals surface area contributed by atoms with Crippen LogP contribution in [0.3, 0.4) is 0 Å². The molecule has 0 heterocycles. The minimum absolute atomic E-state index is 0. The molecule has 89 heavy (non-hydrogen) atoms. The van der Waals surface area contributed by atoms with Crippen LogP contribution in [0.4, 0.5) is 0 Å². The van der Waals surface area contributed by atoms with E-state index >= 15 is 0 Å². The van der Waals surface area contributed by atoms with Crippen molar-refractivity contribution in [1.82, 2.24) is 0 Å². The van der Waals surface area contributed by atoms with Crippen LogP contribution in [0.2, 0.25) is 0 Å². The molecule has 500 valence electrons. The highest BCUT2D eigenvalue weighted by atomic mass is 35.7. The molecule has 7 nitrogen and oxygen atoms in total.